The first kappa shape index (κ1) is 37.9. The van der Waals surface area contributed by atoms with Gasteiger partial charge in [0.15, 0.2) is 0 Å². The Morgan fingerprint density at radius 1 is 0.462 bits per heavy atom. The third kappa shape index (κ3) is 29.7. The molecule has 232 valence electrons. The maximum absolute atomic E-state index is 12.6. The van der Waals surface area contributed by atoms with Crippen LogP contribution in [0.1, 0.15) is 188 Å². The highest BCUT2D eigenvalue weighted by molar-refractivity contribution is 5.79. The molecule has 0 saturated carbocycles. The Morgan fingerprint density at radius 2 is 0.795 bits per heavy atom. The maximum atomic E-state index is 12.6. The van der Waals surface area contributed by atoms with Gasteiger partial charge in [0.05, 0.1) is 0 Å². The van der Waals surface area contributed by atoms with Crippen LogP contribution in [-0.4, -0.2) is 31.1 Å². The molecule has 2 amide bonds. The van der Waals surface area contributed by atoms with Crippen molar-refractivity contribution in [1.29, 1.82) is 0 Å². The predicted octanol–water partition coefficient (Wildman–Crippen LogP) is 9.34. The molecule has 0 aliphatic rings. The molecule has 0 aliphatic carbocycles. The van der Waals surface area contributed by atoms with Crippen molar-refractivity contribution in [3.63, 3.8) is 0 Å². The Balaban J connectivity index is 3.97. The summed E-state index contributed by atoms with van der Waals surface area (Å²) in [4.78, 5) is 25.1. The summed E-state index contributed by atoms with van der Waals surface area (Å²) < 4.78 is 0. The normalized spacial score (nSPS) is 11.3. The van der Waals surface area contributed by atoms with Gasteiger partial charge in [-0.2, -0.15) is 0 Å². The average Bonchev–Trinajstić information content (AvgIpc) is 2.92. The Bertz CT molecular complexity index is 487. The fourth-order valence-electron chi connectivity index (χ4n) is 5.22. The van der Waals surface area contributed by atoms with Crippen LogP contribution in [0, 0.1) is 0 Å². The lowest BCUT2D eigenvalue weighted by Crippen LogP contribution is -2.48. The van der Waals surface area contributed by atoms with Crippen molar-refractivity contribution in [1.82, 2.24) is 16.0 Å². The van der Waals surface area contributed by atoms with Gasteiger partial charge in [-0.1, -0.05) is 149 Å². The van der Waals surface area contributed by atoms with E-state index in [1.807, 2.05) is 0 Å². The van der Waals surface area contributed by atoms with E-state index in [-0.39, 0.29) is 18.0 Å². The van der Waals surface area contributed by atoms with Crippen molar-refractivity contribution in [3.8, 4) is 0 Å². The van der Waals surface area contributed by atoms with Crippen LogP contribution in [0.25, 0.3) is 0 Å². The van der Waals surface area contributed by atoms with Gasteiger partial charge in [0.25, 0.3) is 0 Å². The fraction of sp³-hybridized carbons (Fsp3) is 0.941. The Morgan fingerprint density at radius 3 is 1.13 bits per heavy atom. The summed E-state index contributed by atoms with van der Waals surface area (Å²) in [6, 6.07) is 0. The summed E-state index contributed by atoms with van der Waals surface area (Å²) in [5.41, 5.74) is 0. The molecule has 0 fully saturated rings. The summed E-state index contributed by atoms with van der Waals surface area (Å²) in [7, 11) is 0. The van der Waals surface area contributed by atoms with Crippen LogP contribution < -0.4 is 16.0 Å². The number of hydrogen-bond donors (Lipinski definition) is 3. The van der Waals surface area contributed by atoms with Crippen molar-refractivity contribution in [2.75, 3.05) is 13.1 Å². The number of amides is 2. The lowest BCUT2D eigenvalue weighted by Gasteiger charge is -2.20. The van der Waals surface area contributed by atoms with E-state index < -0.39 is 0 Å². The number of carbonyl (C=O) groups excluding carboxylic acids is 2. The quantitative estimate of drug-likeness (QED) is 0.0594. The summed E-state index contributed by atoms with van der Waals surface area (Å²) in [6.45, 7) is 8.49. The first-order valence-electron chi connectivity index (χ1n) is 17.4. The monoisotopic (exact) mass is 552 g/mol. The molecule has 0 saturated heterocycles. The van der Waals surface area contributed by atoms with Crippen molar-refractivity contribution >= 4 is 11.8 Å². The summed E-state index contributed by atoms with van der Waals surface area (Å²) >= 11 is 0. The van der Waals surface area contributed by atoms with E-state index in [1.54, 1.807) is 0 Å². The van der Waals surface area contributed by atoms with Crippen LogP contribution in [0.15, 0.2) is 0 Å². The van der Waals surface area contributed by atoms with E-state index in [0.717, 1.165) is 51.6 Å². The molecule has 0 unspecified atom stereocenters. The molecule has 0 atom stereocenters. The average molecular weight is 552 g/mol. The van der Waals surface area contributed by atoms with Crippen LogP contribution in [-0.2, 0) is 9.59 Å². The number of unbranched alkanes of at least 4 members (excludes halogenated alkanes) is 20. The fourth-order valence-corrected chi connectivity index (χ4v) is 5.22. The molecule has 0 aromatic carbocycles. The second-order valence-corrected chi connectivity index (χ2v) is 11.8. The molecule has 0 rings (SSSR count). The highest BCUT2D eigenvalue weighted by Crippen LogP contribution is 2.13. The maximum Gasteiger partial charge on any atom is 0.221 e. The number of rotatable bonds is 31. The SMILES string of the molecule is CCCCCCCCCCCCCC(=O)NC(CCCNCC)NC(=O)CCCCCCCCCCCCC. The topological polar surface area (TPSA) is 70.2 Å². The largest absolute Gasteiger partial charge is 0.336 e. The van der Waals surface area contributed by atoms with Gasteiger partial charge >= 0.3 is 0 Å². The second kappa shape index (κ2) is 31.4. The molecular weight excluding hydrogens is 482 g/mol. The number of carbonyl (C=O) groups is 2. The van der Waals surface area contributed by atoms with Crippen molar-refractivity contribution < 1.29 is 9.59 Å². The van der Waals surface area contributed by atoms with Crippen molar-refractivity contribution in [3.05, 3.63) is 0 Å². The molecule has 0 aromatic rings. The van der Waals surface area contributed by atoms with Gasteiger partial charge in [-0.05, 0) is 38.8 Å². The third-order valence-electron chi connectivity index (χ3n) is 7.78. The van der Waals surface area contributed by atoms with Crippen molar-refractivity contribution in [2.45, 2.75) is 194 Å². The van der Waals surface area contributed by atoms with E-state index in [1.165, 1.54) is 116 Å². The van der Waals surface area contributed by atoms with Crippen LogP contribution >= 0.6 is 0 Å². The molecule has 3 N–H and O–H groups in total. The first-order chi connectivity index (χ1) is 19.1. The first-order valence-corrected chi connectivity index (χ1v) is 17.4. The summed E-state index contributed by atoms with van der Waals surface area (Å²) in [6.07, 6.45) is 30.8. The highest BCUT2D eigenvalue weighted by atomic mass is 16.2. The molecule has 5 heteroatoms. The van der Waals surface area contributed by atoms with Crippen LogP contribution in [0.3, 0.4) is 0 Å². The molecule has 39 heavy (non-hydrogen) atoms. The molecule has 5 nitrogen and oxygen atoms in total. The number of nitrogens with one attached hydrogen (secondary N) is 3. The zero-order chi connectivity index (χ0) is 28.7. The van der Waals surface area contributed by atoms with Gasteiger partial charge in [-0.15, -0.1) is 0 Å². The van der Waals surface area contributed by atoms with E-state index in [4.69, 9.17) is 0 Å². The van der Waals surface area contributed by atoms with Gasteiger partial charge in [-0.25, -0.2) is 0 Å². The lowest BCUT2D eigenvalue weighted by molar-refractivity contribution is -0.124. The van der Waals surface area contributed by atoms with E-state index in [2.05, 4.69) is 36.7 Å². The zero-order valence-corrected chi connectivity index (χ0v) is 26.7. The van der Waals surface area contributed by atoms with E-state index in [0.29, 0.717) is 12.8 Å². The van der Waals surface area contributed by atoms with E-state index >= 15 is 0 Å². The summed E-state index contributed by atoms with van der Waals surface area (Å²) in [5.74, 6) is 0.156. The highest BCUT2D eigenvalue weighted by Gasteiger charge is 2.14. The Labute approximate surface area is 244 Å². The lowest BCUT2D eigenvalue weighted by atomic mass is 10.0. The standard InChI is InChI=1S/C34H69N3O2/c1-4-7-9-11-13-15-17-19-21-23-25-29-33(38)36-32(28-27-31-35-6-3)37-34(39)30-26-24-22-20-18-16-14-12-10-8-5-2/h32,35H,4-31H2,1-3H3,(H,36,38)(H,37,39). The molecular formula is C34H69N3O2. The van der Waals surface area contributed by atoms with Gasteiger partial charge < -0.3 is 16.0 Å². The van der Waals surface area contributed by atoms with Crippen LogP contribution in [0.5, 0.6) is 0 Å². The van der Waals surface area contributed by atoms with Gasteiger partial charge in [0.2, 0.25) is 11.8 Å². The van der Waals surface area contributed by atoms with E-state index in [9.17, 15) is 9.59 Å². The summed E-state index contributed by atoms with van der Waals surface area (Å²) in [5, 5.41) is 9.54. The molecule has 0 radical (unpaired) electrons. The van der Waals surface area contributed by atoms with Gasteiger partial charge in [0.1, 0.15) is 6.17 Å². The third-order valence-corrected chi connectivity index (χ3v) is 7.78. The van der Waals surface area contributed by atoms with Gasteiger partial charge in [-0.3, -0.25) is 9.59 Å². The molecule has 0 aliphatic heterocycles. The minimum absolute atomic E-state index is 0.0781. The molecule has 0 aromatic heterocycles. The van der Waals surface area contributed by atoms with Gasteiger partial charge in [0, 0.05) is 12.8 Å². The smallest absolute Gasteiger partial charge is 0.221 e. The van der Waals surface area contributed by atoms with Crippen LogP contribution in [0.4, 0.5) is 0 Å². The van der Waals surface area contributed by atoms with Crippen molar-refractivity contribution in [2.24, 2.45) is 0 Å². The Kier molecular flexibility index (Phi) is 30.5. The minimum Gasteiger partial charge on any atom is -0.336 e. The molecule has 0 heterocycles. The second-order valence-electron chi connectivity index (χ2n) is 11.8. The number of hydrogen-bond acceptors (Lipinski definition) is 3. The molecule has 0 bridgehead atoms. The minimum atomic E-state index is -0.246. The Hall–Kier alpha value is -1.10. The molecule has 0 spiro atoms. The van der Waals surface area contributed by atoms with Crippen LogP contribution in [0.2, 0.25) is 0 Å². The predicted molar refractivity (Wildman–Crippen MR) is 170 cm³/mol. The zero-order valence-electron chi connectivity index (χ0n) is 26.7.